The van der Waals surface area contributed by atoms with E-state index in [-0.39, 0.29) is 41.8 Å². The van der Waals surface area contributed by atoms with E-state index in [2.05, 4.69) is 24.5 Å². The van der Waals surface area contributed by atoms with Crippen molar-refractivity contribution in [3.05, 3.63) is 29.8 Å². The number of piperidine rings is 1. The van der Waals surface area contributed by atoms with Gasteiger partial charge in [-0.2, -0.15) is 0 Å². The summed E-state index contributed by atoms with van der Waals surface area (Å²) in [6, 6.07) is 6.91. The van der Waals surface area contributed by atoms with Gasteiger partial charge in [-0.25, -0.2) is 4.79 Å². The monoisotopic (exact) mass is 368 g/mol. The molecule has 1 aliphatic rings. The number of likely N-dealkylation sites (tertiary alicyclic amines) is 1. The first kappa shape index (κ1) is 21.3. The molecule has 0 aliphatic carbocycles. The van der Waals surface area contributed by atoms with Crippen LogP contribution in [-0.4, -0.2) is 42.0 Å². The van der Waals surface area contributed by atoms with Crippen molar-refractivity contribution < 1.29 is 9.59 Å². The van der Waals surface area contributed by atoms with Crippen LogP contribution in [0.25, 0.3) is 0 Å². The summed E-state index contributed by atoms with van der Waals surface area (Å²) in [5.41, 5.74) is 7.22. The fourth-order valence-electron chi connectivity index (χ4n) is 2.89. The van der Waals surface area contributed by atoms with Crippen LogP contribution in [0.1, 0.15) is 44.5 Å². The number of nitrogens with zero attached hydrogens (tertiary/aromatic N) is 1. The van der Waals surface area contributed by atoms with E-state index >= 15 is 0 Å². The van der Waals surface area contributed by atoms with Gasteiger partial charge in [-0.3, -0.25) is 4.79 Å². The molecule has 0 saturated carbocycles. The van der Waals surface area contributed by atoms with Crippen molar-refractivity contribution in [1.82, 2.24) is 10.2 Å². The number of urea groups is 1. The third-order valence-corrected chi connectivity index (χ3v) is 4.39. The molecule has 1 saturated heterocycles. The van der Waals surface area contributed by atoms with Gasteiger partial charge in [-0.05, 0) is 43.9 Å². The molecule has 0 radical (unpaired) electrons. The lowest BCUT2D eigenvalue weighted by Crippen LogP contribution is -2.54. The smallest absolute Gasteiger partial charge is 0.319 e. The summed E-state index contributed by atoms with van der Waals surface area (Å²) in [5, 5.41) is 5.51. The number of hydrogen-bond acceptors (Lipinski definition) is 3. The van der Waals surface area contributed by atoms with Crippen LogP contribution in [0.15, 0.2) is 24.3 Å². The zero-order valence-electron chi connectivity index (χ0n) is 15.3. The number of carbonyl (C=O) groups is 2. The van der Waals surface area contributed by atoms with Crippen molar-refractivity contribution in [2.45, 2.75) is 46.2 Å². The Kier molecular flexibility index (Phi) is 7.26. The van der Waals surface area contributed by atoms with Gasteiger partial charge in [0.25, 0.3) is 5.91 Å². The Morgan fingerprint density at radius 3 is 2.60 bits per heavy atom. The predicted molar refractivity (Wildman–Crippen MR) is 103 cm³/mol. The zero-order chi connectivity index (χ0) is 17.9. The van der Waals surface area contributed by atoms with E-state index < -0.39 is 0 Å². The van der Waals surface area contributed by atoms with Gasteiger partial charge < -0.3 is 21.3 Å². The van der Waals surface area contributed by atoms with Crippen molar-refractivity contribution in [2.24, 2.45) is 11.1 Å². The number of halogens is 1. The maximum atomic E-state index is 12.8. The number of carbonyl (C=O) groups excluding carboxylic acids is 2. The molecular weight excluding hydrogens is 340 g/mol. The van der Waals surface area contributed by atoms with Crippen molar-refractivity contribution >= 4 is 30.0 Å². The van der Waals surface area contributed by atoms with E-state index in [1.165, 1.54) is 0 Å². The van der Waals surface area contributed by atoms with Crippen molar-refractivity contribution in [1.29, 1.82) is 0 Å². The molecule has 140 valence electrons. The van der Waals surface area contributed by atoms with Crippen LogP contribution in [0.5, 0.6) is 0 Å². The fraction of sp³-hybridized carbons (Fsp3) is 0.556. The van der Waals surface area contributed by atoms with E-state index in [9.17, 15) is 9.59 Å². The van der Waals surface area contributed by atoms with Crippen LogP contribution in [-0.2, 0) is 0 Å². The molecule has 1 aromatic carbocycles. The highest BCUT2D eigenvalue weighted by atomic mass is 35.5. The lowest BCUT2D eigenvalue weighted by molar-refractivity contribution is 0.0533. The minimum absolute atomic E-state index is 0. The summed E-state index contributed by atoms with van der Waals surface area (Å²) in [7, 11) is 0. The molecule has 1 fully saturated rings. The maximum Gasteiger partial charge on any atom is 0.319 e. The van der Waals surface area contributed by atoms with Gasteiger partial charge in [0.1, 0.15) is 0 Å². The van der Waals surface area contributed by atoms with E-state index in [1.54, 1.807) is 24.3 Å². The molecule has 3 amide bonds. The summed E-state index contributed by atoms with van der Waals surface area (Å²) < 4.78 is 0. The summed E-state index contributed by atoms with van der Waals surface area (Å²) in [4.78, 5) is 26.4. The zero-order valence-corrected chi connectivity index (χ0v) is 16.2. The number of nitrogens with one attached hydrogen (secondary N) is 2. The molecular formula is C18H29ClN4O2. The van der Waals surface area contributed by atoms with Crippen LogP contribution in [0.4, 0.5) is 10.5 Å². The number of hydrogen-bond donors (Lipinski definition) is 3. The highest BCUT2D eigenvalue weighted by molar-refractivity contribution is 5.97. The minimum atomic E-state index is -0.278. The van der Waals surface area contributed by atoms with Gasteiger partial charge in [-0.1, -0.05) is 19.9 Å². The first-order chi connectivity index (χ1) is 11.2. The topological polar surface area (TPSA) is 87.5 Å². The Morgan fingerprint density at radius 2 is 2.00 bits per heavy atom. The molecule has 25 heavy (non-hydrogen) atoms. The highest BCUT2D eigenvalue weighted by Crippen LogP contribution is 2.28. The Morgan fingerprint density at radius 1 is 1.32 bits per heavy atom. The third-order valence-electron chi connectivity index (χ3n) is 4.39. The van der Waals surface area contributed by atoms with E-state index in [0.29, 0.717) is 24.3 Å². The normalized spacial score (nSPS) is 19.1. The number of amides is 3. The molecule has 0 spiro atoms. The molecule has 1 aliphatic heterocycles. The SMILES string of the molecule is CC(C)NC(=O)Nc1cccc(C(=O)N2CCC(N)C(C)(C)C2)c1.Cl. The summed E-state index contributed by atoms with van der Waals surface area (Å²) in [5.74, 6) is -0.0251. The first-order valence-electron chi connectivity index (χ1n) is 8.41. The number of benzene rings is 1. The minimum Gasteiger partial charge on any atom is -0.338 e. The molecule has 7 heteroatoms. The summed E-state index contributed by atoms with van der Waals surface area (Å²) >= 11 is 0. The largest absolute Gasteiger partial charge is 0.338 e. The molecule has 1 unspecified atom stereocenters. The van der Waals surface area contributed by atoms with Crippen LogP contribution in [0.3, 0.4) is 0 Å². The average Bonchev–Trinajstić information content (AvgIpc) is 2.48. The molecule has 1 atom stereocenters. The Balaban J connectivity index is 0.00000312. The number of nitrogens with two attached hydrogens (primary N) is 1. The molecule has 6 nitrogen and oxygen atoms in total. The Bertz CT molecular complexity index is 619. The summed E-state index contributed by atoms with van der Waals surface area (Å²) in [6.07, 6.45) is 0.799. The molecule has 1 aromatic rings. The van der Waals surface area contributed by atoms with E-state index in [1.807, 2.05) is 18.7 Å². The Hall–Kier alpha value is -1.79. The second kappa shape index (κ2) is 8.54. The highest BCUT2D eigenvalue weighted by Gasteiger charge is 2.35. The predicted octanol–water partition coefficient (Wildman–Crippen LogP) is 2.84. The summed E-state index contributed by atoms with van der Waals surface area (Å²) in [6.45, 7) is 9.26. The van der Waals surface area contributed by atoms with Gasteiger partial charge in [0.05, 0.1) is 0 Å². The quantitative estimate of drug-likeness (QED) is 0.766. The lowest BCUT2D eigenvalue weighted by Gasteiger charge is -2.42. The maximum absolute atomic E-state index is 12.8. The first-order valence-corrected chi connectivity index (χ1v) is 8.41. The van der Waals surface area contributed by atoms with Crippen LogP contribution < -0.4 is 16.4 Å². The van der Waals surface area contributed by atoms with Crippen molar-refractivity contribution in [3.8, 4) is 0 Å². The van der Waals surface area contributed by atoms with Gasteiger partial charge in [0.15, 0.2) is 0 Å². The molecule has 1 heterocycles. The number of rotatable bonds is 3. The molecule has 0 aromatic heterocycles. The Labute approximate surface area is 155 Å². The second-order valence-electron chi connectivity index (χ2n) is 7.44. The molecule has 4 N–H and O–H groups in total. The van der Waals surface area contributed by atoms with Crippen LogP contribution >= 0.6 is 12.4 Å². The average molecular weight is 369 g/mol. The molecule has 2 rings (SSSR count). The van der Waals surface area contributed by atoms with E-state index in [0.717, 1.165) is 6.42 Å². The van der Waals surface area contributed by atoms with Crippen LogP contribution in [0, 0.1) is 5.41 Å². The second-order valence-corrected chi connectivity index (χ2v) is 7.44. The fourth-order valence-corrected chi connectivity index (χ4v) is 2.89. The van der Waals surface area contributed by atoms with Crippen LogP contribution in [0.2, 0.25) is 0 Å². The number of anilines is 1. The standard InChI is InChI=1S/C18H28N4O2.ClH/c1-12(2)20-17(24)21-14-7-5-6-13(10-14)16(23)22-9-8-15(19)18(3,4)11-22;/h5-7,10,12,15H,8-9,11,19H2,1-4H3,(H2,20,21,24);1H. The lowest BCUT2D eigenvalue weighted by atomic mass is 9.79. The van der Waals surface area contributed by atoms with Crippen molar-refractivity contribution in [3.63, 3.8) is 0 Å². The van der Waals surface area contributed by atoms with Gasteiger partial charge >= 0.3 is 6.03 Å². The third kappa shape index (κ3) is 5.61. The van der Waals surface area contributed by atoms with Crippen molar-refractivity contribution in [2.75, 3.05) is 18.4 Å². The van der Waals surface area contributed by atoms with Gasteiger partial charge in [0.2, 0.25) is 0 Å². The van der Waals surface area contributed by atoms with Gasteiger partial charge in [0, 0.05) is 36.4 Å². The van der Waals surface area contributed by atoms with Gasteiger partial charge in [-0.15, -0.1) is 12.4 Å². The molecule has 0 bridgehead atoms. The van der Waals surface area contributed by atoms with E-state index in [4.69, 9.17) is 5.73 Å².